The summed E-state index contributed by atoms with van der Waals surface area (Å²) >= 11 is 0. The number of carboxylic acids is 1. The molecule has 0 saturated heterocycles. The van der Waals surface area contributed by atoms with Gasteiger partial charge in [-0.1, -0.05) is 11.6 Å². The molecule has 3 aromatic rings. The van der Waals surface area contributed by atoms with Crippen LogP contribution in [0.4, 0.5) is 5.69 Å². The number of aromatic amines is 1. The van der Waals surface area contributed by atoms with E-state index in [2.05, 4.69) is 10.3 Å². The molecule has 3 N–H and O–H groups in total. The molecule has 26 heavy (non-hydrogen) atoms. The van der Waals surface area contributed by atoms with Gasteiger partial charge in [0.25, 0.3) is 0 Å². The molecular weight excluding hydrogens is 332 g/mol. The normalized spacial score (nSPS) is 10.7. The lowest BCUT2D eigenvalue weighted by Crippen LogP contribution is -2.17. The number of aromatic nitrogens is 1. The first kappa shape index (κ1) is 17.5. The number of carbonyl (C=O) groups is 2. The molecule has 0 aliphatic rings. The number of anilines is 1. The minimum atomic E-state index is -1.07. The number of benzene rings is 2. The average molecular weight is 352 g/mol. The molecular formula is C20H20N2O4. The molecule has 0 aliphatic heterocycles. The molecule has 0 spiro atoms. The van der Waals surface area contributed by atoms with E-state index in [0.29, 0.717) is 11.4 Å². The molecule has 0 bridgehead atoms. The Bertz CT molecular complexity index is 1000. The average Bonchev–Trinajstić information content (AvgIpc) is 2.91. The van der Waals surface area contributed by atoms with Gasteiger partial charge in [-0.2, -0.15) is 0 Å². The van der Waals surface area contributed by atoms with Crippen molar-refractivity contribution >= 4 is 28.5 Å². The Labute approximate surface area is 150 Å². The van der Waals surface area contributed by atoms with Crippen LogP contribution in [-0.2, 0) is 11.2 Å². The minimum absolute atomic E-state index is 0.0793. The molecule has 2 aromatic carbocycles. The number of methoxy groups -OCH3 is 1. The molecule has 0 unspecified atom stereocenters. The lowest BCUT2D eigenvalue weighted by atomic mass is 10.1. The van der Waals surface area contributed by atoms with Crippen LogP contribution in [0.3, 0.4) is 0 Å². The maximum Gasteiger partial charge on any atom is 0.337 e. The van der Waals surface area contributed by atoms with E-state index in [-0.39, 0.29) is 17.9 Å². The summed E-state index contributed by atoms with van der Waals surface area (Å²) in [5, 5.41) is 13.0. The van der Waals surface area contributed by atoms with Crippen LogP contribution in [0.1, 0.15) is 27.2 Å². The lowest BCUT2D eigenvalue weighted by molar-refractivity contribution is -0.115. The fourth-order valence-electron chi connectivity index (χ4n) is 3.02. The first-order chi connectivity index (χ1) is 12.4. The number of fused-ring (bicyclic) bond motifs is 1. The van der Waals surface area contributed by atoms with Crippen molar-refractivity contribution in [1.82, 2.24) is 4.98 Å². The predicted molar refractivity (Wildman–Crippen MR) is 100 cm³/mol. The molecule has 0 radical (unpaired) electrons. The van der Waals surface area contributed by atoms with Gasteiger partial charge in [0.05, 0.1) is 24.8 Å². The number of nitrogens with one attached hydrogen (secondary N) is 2. The predicted octanol–water partition coefficient (Wildman–Crippen LogP) is 3.67. The zero-order valence-electron chi connectivity index (χ0n) is 14.8. The molecule has 6 nitrogen and oxygen atoms in total. The van der Waals surface area contributed by atoms with Gasteiger partial charge in [0.15, 0.2) is 0 Å². The topological polar surface area (TPSA) is 91.4 Å². The number of aryl methyl sites for hydroxylation is 2. The lowest BCUT2D eigenvalue weighted by Gasteiger charge is -2.10. The number of hydrogen-bond donors (Lipinski definition) is 3. The Balaban J connectivity index is 1.88. The number of H-pyrrole nitrogens is 1. The summed E-state index contributed by atoms with van der Waals surface area (Å²) in [6.07, 6.45) is 0.131. The van der Waals surface area contributed by atoms with Crippen molar-refractivity contribution in [2.24, 2.45) is 0 Å². The zero-order chi connectivity index (χ0) is 18.8. The molecule has 0 aliphatic carbocycles. The molecule has 1 amide bonds. The van der Waals surface area contributed by atoms with Gasteiger partial charge >= 0.3 is 5.97 Å². The second kappa shape index (κ2) is 6.92. The molecule has 3 rings (SSSR count). The van der Waals surface area contributed by atoms with E-state index in [1.54, 1.807) is 32.2 Å². The van der Waals surface area contributed by atoms with Gasteiger partial charge < -0.3 is 20.1 Å². The van der Waals surface area contributed by atoms with Crippen LogP contribution in [0, 0.1) is 13.8 Å². The molecule has 1 aromatic heterocycles. The molecule has 0 atom stereocenters. The smallest absolute Gasteiger partial charge is 0.337 e. The summed E-state index contributed by atoms with van der Waals surface area (Å²) in [7, 11) is 1.60. The van der Waals surface area contributed by atoms with E-state index >= 15 is 0 Å². The number of carboxylic acid groups (broad SMARTS) is 1. The van der Waals surface area contributed by atoms with E-state index in [0.717, 1.165) is 27.7 Å². The Morgan fingerprint density at radius 2 is 1.92 bits per heavy atom. The maximum absolute atomic E-state index is 12.5. The second-order valence-corrected chi connectivity index (χ2v) is 6.22. The van der Waals surface area contributed by atoms with Crippen LogP contribution in [-0.4, -0.2) is 29.1 Å². The Kier molecular flexibility index (Phi) is 4.67. The third-order valence-electron chi connectivity index (χ3n) is 4.34. The SMILES string of the molecule is COc1ccc2[nH]c(C)c(CC(=O)Nc3ccc(C)cc3C(=O)O)c2c1. The van der Waals surface area contributed by atoms with E-state index in [4.69, 9.17) is 4.74 Å². The molecule has 0 fully saturated rings. The second-order valence-electron chi connectivity index (χ2n) is 6.22. The molecule has 0 saturated carbocycles. The van der Waals surface area contributed by atoms with Gasteiger partial charge in [0.2, 0.25) is 5.91 Å². The quantitative estimate of drug-likeness (QED) is 0.653. The number of hydrogen-bond acceptors (Lipinski definition) is 3. The third kappa shape index (κ3) is 3.39. The van der Waals surface area contributed by atoms with E-state index in [1.807, 2.05) is 25.1 Å². The van der Waals surface area contributed by atoms with E-state index in [1.165, 1.54) is 0 Å². The monoisotopic (exact) mass is 352 g/mol. The van der Waals surface area contributed by atoms with E-state index in [9.17, 15) is 14.7 Å². The summed E-state index contributed by atoms with van der Waals surface area (Å²) < 4.78 is 5.26. The number of rotatable bonds is 5. The van der Waals surface area contributed by atoms with Gasteiger partial charge in [0, 0.05) is 16.6 Å². The fraction of sp³-hybridized carbons (Fsp3) is 0.200. The van der Waals surface area contributed by atoms with Crippen LogP contribution in [0.25, 0.3) is 10.9 Å². The van der Waals surface area contributed by atoms with Crippen molar-refractivity contribution in [3.05, 3.63) is 58.8 Å². The van der Waals surface area contributed by atoms with Crippen LogP contribution in [0.2, 0.25) is 0 Å². The Morgan fingerprint density at radius 3 is 2.62 bits per heavy atom. The molecule has 1 heterocycles. The highest BCUT2D eigenvalue weighted by Crippen LogP contribution is 2.27. The summed E-state index contributed by atoms with van der Waals surface area (Å²) in [6, 6.07) is 10.6. The minimum Gasteiger partial charge on any atom is -0.497 e. The number of aromatic carboxylic acids is 1. The van der Waals surface area contributed by atoms with Gasteiger partial charge in [-0.15, -0.1) is 0 Å². The summed E-state index contributed by atoms with van der Waals surface area (Å²) in [5.41, 5.74) is 3.87. The Hall–Kier alpha value is -3.28. The van der Waals surface area contributed by atoms with Crippen molar-refractivity contribution in [3.8, 4) is 5.75 Å². The van der Waals surface area contributed by atoms with Crippen molar-refractivity contribution in [3.63, 3.8) is 0 Å². The summed E-state index contributed by atoms with van der Waals surface area (Å²) in [5.74, 6) is -0.634. The van der Waals surface area contributed by atoms with Crippen molar-refractivity contribution in [2.45, 2.75) is 20.3 Å². The highest BCUT2D eigenvalue weighted by molar-refractivity contribution is 6.02. The van der Waals surface area contributed by atoms with Gasteiger partial charge in [-0.3, -0.25) is 4.79 Å². The number of ether oxygens (including phenoxy) is 1. The highest BCUT2D eigenvalue weighted by atomic mass is 16.5. The van der Waals surface area contributed by atoms with Crippen LogP contribution in [0.5, 0.6) is 5.75 Å². The van der Waals surface area contributed by atoms with Crippen LogP contribution < -0.4 is 10.1 Å². The van der Waals surface area contributed by atoms with Crippen molar-refractivity contribution in [1.29, 1.82) is 0 Å². The van der Waals surface area contributed by atoms with Gasteiger partial charge in [-0.25, -0.2) is 4.79 Å². The van der Waals surface area contributed by atoms with Gasteiger partial charge in [0.1, 0.15) is 5.75 Å². The standard InChI is InChI=1S/C20H20N2O4/c1-11-4-6-18(16(8-11)20(24)25)22-19(23)10-14-12(2)21-17-7-5-13(26-3)9-15(14)17/h4-9,21H,10H2,1-3H3,(H,22,23)(H,24,25). The highest BCUT2D eigenvalue weighted by Gasteiger charge is 2.16. The molecule has 134 valence electrons. The first-order valence-corrected chi connectivity index (χ1v) is 8.18. The zero-order valence-corrected chi connectivity index (χ0v) is 14.8. The summed E-state index contributed by atoms with van der Waals surface area (Å²) in [4.78, 5) is 27.2. The maximum atomic E-state index is 12.5. The molecule has 6 heteroatoms. The van der Waals surface area contributed by atoms with Crippen molar-refractivity contribution < 1.29 is 19.4 Å². The van der Waals surface area contributed by atoms with E-state index < -0.39 is 5.97 Å². The first-order valence-electron chi connectivity index (χ1n) is 8.18. The fourth-order valence-corrected chi connectivity index (χ4v) is 3.02. The largest absolute Gasteiger partial charge is 0.497 e. The Morgan fingerprint density at radius 1 is 1.15 bits per heavy atom. The summed E-state index contributed by atoms with van der Waals surface area (Å²) in [6.45, 7) is 3.71. The van der Waals surface area contributed by atoms with Crippen LogP contribution >= 0.6 is 0 Å². The third-order valence-corrected chi connectivity index (χ3v) is 4.34. The number of amides is 1. The van der Waals surface area contributed by atoms with Crippen molar-refractivity contribution in [2.75, 3.05) is 12.4 Å². The van der Waals surface area contributed by atoms with Gasteiger partial charge in [-0.05, 0) is 49.7 Å². The number of carbonyl (C=O) groups excluding carboxylic acids is 1. The van der Waals surface area contributed by atoms with Crippen LogP contribution in [0.15, 0.2) is 36.4 Å².